The first kappa shape index (κ1) is 17.3. The molecule has 2 saturated heterocycles. The number of rotatable bonds is 3. The van der Waals surface area contributed by atoms with Crippen LogP contribution < -0.4 is 0 Å². The first-order chi connectivity index (χ1) is 12.5. The number of hydrogen-bond donors (Lipinski definition) is 0. The van der Waals surface area contributed by atoms with E-state index in [1.807, 2.05) is 29.0 Å². The first-order valence-corrected chi connectivity index (χ1v) is 9.78. The second-order valence-corrected chi connectivity index (χ2v) is 7.91. The van der Waals surface area contributed by atoms with E-state index in [2.05, 4.69) is 29.1 Å². The van der Waals surface area contributed by atoms with E-state index < -0.39 is 0 Å². The van der Waals surface area contributed by atoms with Gasteiger partial charge in [0.1, 0.15) is 0 Å². The number of aryl methyl sites for hydroxylation is 1. The van der Waals surface area contributed by atoms with Gasteiger partial charge in [-0.25, -0.2) is 0 Å². The van der Waals surface area contributed by atoms with Crippen molar-refractivity contribution < 1.29 is 9.59 Å². The zero-order chi connectivity index (χ0) is 18.3. The number of likely N-dealkylation sites (N-methyl/N-ethyl adjacent to an activating group) is 1. The molecule has 0 N–H and O–H groups in total. The summed E-state index contributed by atoms with van der Waals surface area (Å²) in [5.74, 6) is 0.830. The van der Waals surface area contributed by atoms with Gasteiger partial charge in [0.2, 0.25) is 11.8 Å². The predicted octanol–water partition coefficient (Wildman–Crippen LogP) is 2.08. The van der Waals surface area contributed by atoms with E-state index in [0.29, 0.717) is 6.42 Å². The van der Waals surface area contributed by atoms with Crippen LogP contribution in [0.25, 0.3) is 0 Å². The molecule has 6 nitrogen and oxygen atoms in total. The molecule has 1 aromatic rings. The summed E-state index contributed by atoms with van der Waals surface area (Å²) in [6, 6.07) is 0. The highest BCUT2D eigenvalue weighted by Crippen LogP contribution is 2.48. The lowest BCUT2D eigenvalue weighted by Crippen LogP contribution is -2.56. The molecular formula is C20H28N4O2. The van der Waals surface area contributed by atoms with Gasteiger partial charge in [-0.3, -0.25) is 14.3 Å². The number of carbonyl (C=O) groups excluding carboxylic acids is 2. The maximum absolute atomic E-state index is 12.8. The molecule has 1 aliphatic carbocycles. The summed E-state index contributed by atoms with van der Waals surface area (Å²) < 4.78 is 1.81. The molecule has 0 radical (unpaired) electrons. The maximum atomic E-state index is 12.8. The molecule has 4 rings (SSSR count). The van der Waals surface area contributed by atoms with E-state index in [4.69, 9.17) is 0 Å². The molecule has 1 atom stereocenters. The van der Waals surface area contributed by atoms with Crippen LogP contribution in [0.3, 0.4) is 0 Å². The molecule has 140 valence electrons. The van der Waals surface area contributed by atoms with Crippen LogP contribution in [-0.4, -0.2) is 56.6 Å². The van der Waals surface area contributed by atoms with E-state index in [9.17, 15) is 9.59 Å². The van der Waals surface area contributed by atoms with Crippen LogP contribution in [0.5, 0.6) is 0 Å². The highest BCUT2D eigenvalue weighted by Gasteiger charge is 2.54. The molecule has 0 saturated carbocycles. The minimum absolute atomic E-state index is 0.130. The SMILES string of the molecule is CCN1C(=O)C[C@@H](c2cnn(C)c2)C12CCN(C(=O)C1CC=CC1)CC2. The fourth-order valence-corrected chi connectivity index (χ4v) is 5.26. The number of aromatic nitrogens is 2. The Labute approximate surface area is 154 Å². The molecule has 0 aromatic carbocycles. The van der Waals surface area contributed by atoms with Crippen LogP contribution in [0, 0.1) is 5.92 Å². The van der Waals surface area contributed by atoms with Gasteiger partial charge in [0.15, 0.2) is 0 Å². The summed E-state index contributed by atoms with van der Waals surface area (Å²) in [5.41, 5.74) is 0.983. The molecule has 6 heteroatoms. The van der Waals surface area contributed by atoms with Gasteiger partial charge in [0.25, 0.3) is 0 Å². The minimum Gasteiger partial charge on any atom is -0.342 e. The number of amides is 2. The Kier molecular flexibility index (Phi) is 4.37. The van der Waals surface area contributed by atoms with Gasteiger partial charge in [-0.2, -0.15) is 5.10 Å². The van der Waals surface area contributed by atoms with E-state index in [-0.39, 0.29) is 29.2 Å². The quantitative estimate of drug-likeness (QED) is 0.779. The third kappa shape index (κ3) is 2.66. The van der Waals surface area contributed by atoms with Crippen molar-refractivity contribution in [2.24, 2.45) is 13.0 Å². The molecule has 2 aliphatic heterocycles. The largest absolute Gasteiger partial charge is 0.342 e. The molecule has 2 amide bonds. The fourth-order valence-electron chi connectivity index (χ4n) is 5.26. The lowest BCUT2D eigenvalue weighted by Gasteiger charge is -2.48. The second-order valence-electron chi connectivity index (χ2n) is 7.91. The number of piperidine rings is 1. The van der Waals surface area contributed by atoms with Gasteiger partial charge in [0.05, 0.1) is 11.7 Å². The molecular weight excluding hydrogens is 328 g/mol. The summed E-state index contributed by atoms with van der Waals surface area (Å²) in [5, 5.41) is 4.33. The Morgan fingerprint density at radius 3 is 2.54 bits per heavy atom. The van der Waals surface area contributed by atoms with Crippen molar-refractivity contribution in [3.05, 3.63) is 30.1 Å². The van der Waals surface area contributed by atoms with Crippen LogP contribution >= 0.6 is 0 Å². The third-order valence-electron chi connectivity index (χ3n) is 6.61. The normalized spacial score (nSPS) is 25.6. The zero-order valence-electron chi connectivity index (χ0n) is 15.7. The van der Waals surface area contributed by atoms with E-state index in [1.165, 1.54) is 0 Å². The summed E-state index contributed by atoms with van der Waals surface area (Å²) in [6.07, 6.45) is 12.2. The van der Waals surface area contributed by atoms with Gasteiger partial charge < -0.3 is 9.80 Å². The lowest BCUT2D eigenvalue weighted by molar-refractivity contribution is -0.139. The van der Waals surface area contributed by atoms with E-state index >= 15 is 0 Å². The number of hydrogen-bond acceptors (Lipinski definition) is 3. The Hall–Kier alpha value is -2.11. The van der Waals surface area contributed by atoms with Gasteiger partial charge in [-0.05, 0) is 38.2 Å². The summed E-state index contributed by atoms with van der Waals surface area (Å²) >= 11 is 0. The Bertz CT molecular complexity index is 722. The molecule has 0 unspecified atom stereocenters. The van der Waals surface area contributed by atoms with Crippen molar-refractivity contribution in [1.82, 2.24) is 19.6 Å². The number of likely N-dealkylation sites (tertiary alicyclic amines) is 2. The molecule has 2 fully saturated rings. The van der Waals surface area contributed by atoms with Crippen LogP contribution in [-0.2, 0) is 16.6 Å². The van der Waals surface area contributed by atoms with Crippen molar-refractivity contribution in [2.75, 3.05) is 19.6 Å². The van der Waals surface area contributed by atoms with E-state index in [0.717, 1.165) is 50.9 Å². The first-order valence-electron chi connectivity index (χ1n) is 9.78. The van der Waals surface area contributed by atoms with Crippen LogP contribution in [0.2, 0.25) is 0 Å². The summed E-state index contributed by atoms with van der Waals surface area (Å²) in [6.45, 7) is 4.29. The van der Waals surface area contributed by atoms with Crippen molar-refractivity contribution in [3.8, 4) is 0 Å². The Morgan fingerprint density at radius 1 is 1.27 bits per heavy atom. The van der Waals surface area contributed by atoms with Crippen molar-refractivity contribution >= 4 is 11.8 Å². The van der Waals surface area contributed by atoms with Crippen molar-refractivity contribution in [2.45, 2.75) is 50.5 Å². The molecule has 0 bridgehead atoms. The Balaban J connectivity index is 1.55. The Morgan fingerprint density at radius 2 is 1.96 bits per heavy atom. The number of allylic oxidation sites excluding steroid dienone is 2. The topological polar surface area (TPSA) is 58.4 Å². The van der Waals surface area contributed by atoms with Crippen molar-refractivity contribution in [1.29, 1.82) is 0 Å². The molecule has 3 aliphatic rings. The zero-order valence-corrected chi connectivity index (χ0v) is 15.7. The minimum atomic E-state index is -0.167. The van der Waals surface area contributed by atoms with Gasteiger partial charge >= 0.3 is 0 Å². The third-order valence-corrected chi connectivity index (χ3v) is 6.61. The highest BCUT2D eigenvalue weighted by atomic mass is 16.2. The fraction of sp³-hybridized carbons (Fsp3) is 0.650. The van der Waals surface area contributed by atoms with Gasteiger partial charge in [-0.15, -0.1) is 0 Å². The average Bonchev–Trinajstić information content (AvgIpc) is 3.36. The summed E-state index contributed by atoms with van der Waals surface area (Å²) in [4.78, 5) is 29.6. The highest BCUT2D eigenvalue weighted by molar-refractivity contribution is 5.82. The maximum Gasteiger partial charge on any atom is 0.226 e. The average molecular weight is 356 g/mol. The van der Waals surface area contributed by atoms with Gasteiger partial charge in [-0.1, -0.05) is 12.2 Å². The van der Waals surface area contributed by atoms with E-state index in [1.54, 1.807) is 0 Å². The second kappa shape index (κ2) is 6.56. The van der Waals surface area contributed by atoms with Gasteiger partial charge in [0, 0.05) is 51.1 Å². The smallest absolute Gasteiger partial charge is 0.226 e. The number of carbonyl (C=O) groups is 2. The lowest BCUT2D eigenvalue weighted by atomic mass is 9.74. The van der Waals surface area contributed by atoms with Crippen molar-refractivity contribution in [3.63, 3.8) is 0 Å². The standard InChI is InChI=1S/C20H28N4O2/c1-3-24-18(25)12-17(16-13-21-22(2)14-16)20(24)8-10-23(11-9-20)19(26)15-6-4-5-7-15/h4-5,13-15,17H,3,6-12H2,1-2H3/t17-/m0/s1. The predicted molar refractivity (Wildman–Crippen MR) is 98.4 cm³/mol. The number of nitrogens with zero attached hydrogens (tertiary/aromatic N) is 4. The van der Waals surface area contributed by atoms with Crippen LogP contribution in [0.4, 0.5) is 0 Å². The molecule has 1 aromatic heterocycles. The molecule has 26 heavy (non-hydrogen) atoms. The van der Waals surface area contributed by atoms with Crippen LogP contribution in [0.15, 0.2) is 24.5 Å². The molecule has 1 spiro atoms. The van der Waals surface area contributed by atoms with Crippen LogP contribution in [0.1, 0.15) is 50.5 Å². The summed E-state index contributed by atoms with van der Waals surface area (Å²) in [7, 11) is 1.92. The molecule has 3 heterocycles. The monoisotopic (exact) mass is 356 g/mol.